The fourth-order valence-corrected chi connectivity index (χ4v) is 1.96. The number of nitrogens with one attached hydrogen (secondary N) is 3. The monoisotopic (exact) mass is 315 g/mol. The molecule has 0 aliphatic carbocycles. The number of thiocarbonyl (C=S) groups is 1. The van der Waals surface area contributed by atoms with Crippen molar-refractivity contribution in [2.24, 2.45) is 0 Å². The molecule has 0 aliphatic rings. The zero-order valence-electron chi connectivity index (χ0n) is 12.1. The van der Waals surface area contributed by atoms with Gasteiger partial charge in [0.25, 0.3) is 0 Å². The molecule has 0 aromatic heterocycles. The first-order valence-electron chi connectivity index (χ1n) is 6.84. The Morgan fingerprint density at radius 3 is 2.27 bits per heavy atom. The summed E-state index contributed by atoms with van der Waals surface area (Å²) in [5.74, 6) is 0.786. The third kappa shape index (κ3) is 5.06. The van der Waals surface area contributed by atoms with E-state index in [2.05, 4.69) is 16.0 Å². The van der Waals surface area contributed by atoms with Crippen molar-refractivity contribution < 1.29 is 9.53 Å². The van der Waals surface area contributed by atoms with Crippen molar-refractivity contribution in [2.45, 2.75) is 6.92 Å². The van der Waals surface area contributed by atoms with E-state index in [0.29, 0.717) is 12.3 Å². The fraction of sp³-hybridized carbons (Fsp3) is 0.125. The van der Waals surface area contributed by atoms with Crippen LogP contribution < -0.4 is 20.7 Å². The quantitative estimate of drug-likeness (QED) is 0.754. The maximum atomic E-state index is 11.8. The highest BCUT2D eigenvalue weighted by Gasteiger charge is 2.05. The third-order valence-corrected chi connectivity index (χ3v) is 2.89. The number of carbonyl (C=O) groups excluding carboxylic acids is 1. The summed E-state index contributed by atoms with van der Waals surface area (Å²) in [6.07, 6.45) is 0. The lowest BCUT2D eigenvalue weighted by molar-refractivity contribution is 0.256. The predicted octanol–water partition coefficient (Wildman–Crippen LogP) is 3.60. The van der Waals surface area contributed by atoms with Gasteiger partial charge in [-0.25, -0.2) is 4.79 Å². The standard InChI is InChI=1S/C16H17N3O2S/c1-2-21-14-10-8-13(9-11-14)18-16(22)19-15(20)17-12-6-4-3-5-7-12/h3-11H,2H2,1H3,(H3,17,18,19,20,22). The van der Waals surface area contributed by atoms with Gasteiger partial charge in [0, 0.05) is 11.4 Å². The second kappa shape index (κ2) is 7.99. The minimum absolute atomic E-state index is 0.220. The summed E-state index contributed by atoms with van der Waals surface area (Å²) in [6, 6.07) is 16.1. The van der Waals surface area contributed by atoms with Crippen molar-refractivity contribution in [1.82, 2.24) is 5.32 Å². The normalized spacial score (nSPS) is 9.68. The summed E-state index contributed by atoms with van der Waals surface area (Å²) < 4.78 is 5.36. The summed E-state index contributed by atoms with van der Waals surface area (Å²) in [6.45, 7) is 2.54. The lowest BCUT2D eigenvalue weighted by Gasteiger charge is -2.11. The second-order valence-corrected chi connectivity index (χ2v) is 4.76. The van der Waals surface area contributed by atoms with Crippen LogP contribution in [0.2, 0.25) is 0 Å². The maximum absolute atomic E-state index is 11.8. The van der Waals surface area contributed by atoms with E-state index in [1.807, 2.05) is 49.4 Å². The molecule has 0 radical (unpaired) electrons. The Kier molecular flexibility index (Phi) is 5.73. The van der Waals surface area contributed by atoms with Crippen molar-refractivity contribution >= 4 is 34.7 Å². The summed E-state index contributed by atoms with van der Waals surface area (Å²) >= 11 is 5.10. The number of hydrogen-bond donors (Lipinski definition) is 3. The van der Waals surface area contributed by atoms with Crippen LogP contribution in [0.3, 0.4) is 0 Å². The highest BCUT2D eigenvalue weighted by atomic mass is 32.1. The molecule has 2 aromatic carbocycles. The van der Waals surface area contributed by atoms with E-state index in [1.165, 1.54) is 0 Å². The highest BCUT2D eigenvalue weighted by molar-refractivity contribution is 7.80. The van der Waals surface area contributed by atoms with Gasteiger partial charge in [0.15, 0.2) is 5.11 Å². The lowest BCUT2D eigenvalue weighted by atomic mass is 10.3. The minimum Gasteiger partial charge on any atom is -0.494 e. The van der Waals surface area contributed by atoms with Crippen molar-refractivity contribution in [1.29, 1.82) is 0 Å². The van der Waals surface area contributed by atoms with Gasteiger partial charge in [0.2, 0.25) is 0 Å². The first-order valence-corrected chi connectivity index (χ1v) is 7.25. The van der Waals surface area contributed by atoms with Gasteiger partial charge in [-0.3, -0.25) is 5.32 Å². The summed E-state index contributed by atoms with van der Waals surface area (Å²) in [5.41, 5.74) is 1.47. The van der Waals surface area contributed by atoms with Crippen LogP contribution in [-0.4, -0.2) is 17.8 Å². The number of anilines is 2. The smallest absolute Gasteiger partial charge is 0.325 e. The molecule has 0 bridgehead atoms. The van der Waals surface area contributed by atoms with Crippen molar-refractivity contribution in [2.75, 3.05) is 17.2 Å². The largest absolute Gasteiger partial charge is 0.494 e. The number of ether oxygens (including phenoxy) is 1. The van der Waals surface area contributed by atoms with Gasteiger partial charge in [-0.05, 0) is 55.5 Å². The molecule has 0 fully saturated rings. The van der Waals surface area contributed by atoms with Gasteiger partial charge in [-0.2, -0.15) is 0 Å². The molecule has 3 N–H and O–H groups in total. The molecule has 2 aromatic rings. The van der Waals surface area contributed by atoms with Crippen LogP contribution >= 0.6 is 12.2 Å². The molecular formula is C16H17N3O2S. The molecule has 0 atom stereocenters. The van der Waals surface area contributed by atoms with Gasteiger partial charge < -0.3 is 15.4 Å². The predicted molar refractivity (Wildman–Crippen MR) is 92.4 cm³/mol. The van der Waals surface area contributed by atoms with Crippen LogP contribution in [0.15, 0.2) is 54.6 Å². The van der Waals surface area contributed by atoms with Crippen LogP contribution in [0.25, 0.3) is 0 Å². The Labute approximate surface area is 134 Å². The van der Waals surface area contributed by atoms with E-state index < -0.39 is 6.03 Å². The Hall–Kier alpha value is -2.60. The summed E-state index contributed by atoms with van der Waals surface area (Å²) in [7, 11) is 0. The van der Waals surface area contributed by atoms with Crippen molar-refractivity contribution in [3.8, 4) is 5.75 Å². The molecule has 0 aliphatic heterocycles. The zero-order chi connectivity index (χ0) is 15.8. The minimum atomic E-state index is -0.394. The Balaban J connectivity index is 1.83. The lowest BCUT2D eigenvalue weighted by Crippen LogP contribution is -2.37. The maximum Gasteiger partial charge on any atom is 0.325 e. The Morgan fingerprint density at radius 1 is 1.00 bits per heavy atom. The van der Waals surface area contributed by atoms with E-state index in [-0.39, 0.29) is 5.11 Å². The second-order valence-electron chi connectivity index (χ2n) is 4.36. The van der Waals surface area contributed by atoms with Crippen LogP contribution in [0.4, 0.5) is 16.2 Å². The molecule has 0 heterocycles. The summed E-state index contributed by atoms with van der Waals surface area (Å²) in [4.78, 5) is 11.8. The Bertz CT molecular complexity index is 630. The number of para-hydroxylation sites is 1. The number of hydrogen-bond acceptors (Lipinski definition) is 3. The molecule has 0 saturated carbocycles. The van der Waals surface area contributed by atoms with Gasteiger partial charge in [0.05, 0.1) is 6.61 Å². The van der Waals surface area contributed by atoms with E-state index in [9.17, 15) is 4.79 Å². The molecule has 2 rings (SSSR count). The highest BCUT2D eigenvalue weighted by Crippen LogP contribution is 2.15. The number of benzene rings is 2. The molecular weight excluding hydrogens is 298 g/mol. The molecule has 6 heteroatoms. The van der Waals surface area contributed by atoms with Crippen LogP contribution in [0.1, 0.15) is 6.92 Å². The molecule has 0 unspecified atom stereocenters. The van der Waals surface area contributed by atoms with Gasteiger partial charge in [-0.15, -0.1) is 0 Å². The topological polar surface area (TPSA) is 62.4 Å². The van der Waals surface area contributed by atoms with Crippen molar-refractivity contribution in [3.05, 3.63) is 54.6 Å². The van der Waals surface area contributed by atoms with Crippen LogP contribution in [-0.2, 0) is 0 Å². The van der Waals surface area contributed by atoms with Gasteiger partial charge in [0.1, 0.15) is 5.75 Å². The first kappa shape index (κ1) is 15.8. The molecule has 22 heavy (non-hydrogen) atoms. The molecule has 5 nitrogen and oxygen atoms in total. The number of rotatable bonds is 4. The van der Waals surface area contributed by atoms with E-state index >= 15 is 0 Å². The number of amides is 2. The molecule has 0 spiro atoms. The number of urea groups is 1. The molecule has 0 saturated heterocycles. The van der Waals surface area contributed by atoms with Crippen LogP contribution in [0.5, 0.6) is 5.75 Å². The van der Waals surface area contributed by atoms with Crippen LogP contribution in [0, 0.1) is 0 Å². The number of carbonyl (C=O) groups is 1. The average Bonchev–Trinajstić information content (AvgIpc) is 2.50. The van der Waals surface area contributed by atoms with Crippen molar-refractivity contribution in [3.63, 3.8) is 0 Å². The van der Waals surface area contributed by atoms with E-state index in [0.717, 1.165) is 11.4 Å². The molecule has 2 amide bonds. The van der Waals surface area contributed by atoms with E-state index in [4.69, 9.17) is 17.0 Å². The molecule has 114 valence electrons. The van der Waals surface area contributed by atoms with Gasteiger partial charge >= 0.3 is 6.03 Å². The Morgan fingerprint density at radius 2 is 1.64 bits per heavy atom. The fourth-order valence-electron chi connectivity index (χ4n) is 1.75. The third-order valence-electron chi connectivity index (χ3n) is 2.68. The summed E-state index contributed by atoms with van der Waals surface area (Å²) in [5, 5.41) is 8.39. The average molecular weight is 315 g/mol. The van der Waals surface area contributed by atoms with E-state index in [1.54, 1.807) is 12.1 Å². The first-order chi connectivity index (χ1) is 10.7. The SMILES string of the molecule is CCOc1ccc(NC(=S)NC(=O)Nc2ccccc2)cc1. The van der Waals surface area contributed by atoms with Gasteiger partial charge in [-0.1, -0.05) is 18.2 Å². The zero-order valence-corrected chi connectivity index (χ0v) is 12.9.